The minimum Gasteiger partial charge on any atom is -0.481 e. The number of carbonyl (C=O) groups is 1. The molecule has 0 N–H and O–H groups in total. The van der Waals surface area contributed by atoms with Crippen LogP contribution in [0.5, 0.6) is 23.0 Å². The molecule has 2 aliphatic rings. The highest BCUT2D eigenvalue weighted by atomic mass is 16.5. The topological polar surface area (TPSA) is 60.5 Å². The van der Waals surface area contributed by atoms with E-state index < -0.39 is 0 Å². The summed E-state index contributed by atoms with van der Waals surface area (Å²) < 4.78 is 22.9. The molecule has 0 aliphatic carbocycles. The third kappa shape index (κ3) is 5.68. The highest BCUT2D eigenvalue weighted by molar-refractivity contribution is 6.09. The number of ether oxygens (including phenoxy) is 4. The zero-order valence-corrected chi connectivity index (χ0v) is 22.9. The SMILES string of the molecule is C#CCOc1ccc(N2COc3ccc(C(=O)c4ccc5c(c4)CN(c4ccc(OCC#C)cc4)CO5)cc3C2)cc1. The highest BCUT2D eigenvalue weighted by Gasteiger charge is 2.23. The van der Waals surface area contributed by atoms with Crippen molar-refractivity contribution in [3.05, 3.63) is 107 Å². The van der Waals surface area contributed by atoms with Crippen molar-refractivity contribution in [2.45, 2.75) is 13.1 Å². The van der Waals surface area contributed by atoms with Gasteiger partial charge < -0.3 is 28.7 Å². The standard InChI is InChI=1S/C35H28N2O5/c1-3-17-39-31-11-7-29(8-12-31)36-21-27-19-25(5-15-33(27)41-23-36)35(38)26-6-16-34-28(20-26)22-37(24-42-34)30-9-13-32(14-10-30)40-18-4-2/h1-2,5-16,19-20H,17-18,21-24H2. The monoisotopic (exact) mass is 556 g/mol. The number of hydrogen-bond donors (Lipinski definition) is 0. The molecule has 7 nitrogen and oxygen atoms in total. The van der Waals surface area contributed by atoms with Crippen LogP contribution in [-0.2, 0) is 13.1 Å². The summed E-state index contributed by atoms with van der Waals surface area (Å²) in [5.74, 6) is 7.86. The fourth-order valence-corrected chi connectivity index (χ4v) is 5.02. The number of fused-ring (bicyclic) bond motifs is 2. The van der Waals surface area contributed by atoms with Crippen molar-refractivity contribution >= 4 is 17.2 Å². The maximum Gasteiger partial charge on any atom is 0.193 e. The number of carbonyl (C=O) groups excluding carboxylic acids is 1. The van der Waals surface area contributed by atoms with Gasteiger partial charge in [0.1, 0.15) is 36.2 Å². The van der Waals surface area contributed by atoms with Crippen molar-refractivity contribution in [3.8, 4) is 47.7 Å². The molecule has 2 heterocycles. The Balaban J connectivity index is 1.16. The lowest BCUT2D eigenvalue weighted by molar-refractivity contribution is 0.103. The quantitative estimate of drug-likeness (QED) is 0.205. The highest BCUT2D eigenvalue weighted by Crippen LogP contribution is 2.33. The second kappa shape index (κ2) is 11.9. The van der Waals surface area contributed by atoms with Gasteiger partial charge in [-0.2, -0.15) is 0 Å². The predicted molar refractivity (Wildman–Crippen MR) is 161 cm³/mol. The van der Waals surface area contributed by atoms with Crippen LogP contribution >= 0.6 is 0 Å². The van der Waals surface area contributed by atoms with E-state index in [1.807, 2.05) is 84.9 Å². The third-order valence-corrected chi connectivity index (χ3v) is 7.17. The van der Waals surface area contributed by atoms with E-state index in [0.717, 1.165) is 34.0 Å². The Bertz CT molecular complexity index is 1560. The van der Waals surface area contributed by atoms with Crippen LogP contribution in [0.3, 0.4) is 0 Å². The molecule has 0 aromatic heterocycles. The summed E-state index contributed by atoms with van der Waals surface area (Å²) in [7, 11) is 0. The third-order valence-electron chi connectivity index (χ3n) is 7.17. The van der Waals surface area contributed by atoms with Crippen molar-refractivity contribution in [3.63, 3.8) is 0 Å². The van der Waals surface area contributed by atoms with Crippen LogP contribution in [0.15, 0.2) is 84.9 Å². The molecule has 4 aromatic rings. The molecule has 6 rings (SSSR count). The molecule has 0 bridgehead atoms. The van der Waals surface area contributed by atoms with Gasteiger partial charge in [0.2, 0.25) is 0 Å². The van der Waals surface area contributed by atoms with Gasteiger partial charge in [0.05, 0.1) is 0 Å². The summed E-state index contributed by atoms with van der Waals surface area (Å²) in [6.45, 7) is 2.49. The van der Waals surface area contributed by atoms with E-state index in [4.69, 9.17) is 31.8 Å². The number of ketones is 1. The molecule has 0 spiro atoms. The van der Waals surface area contributed by atoms with Crippen LogP contribution in [0.4, 0.5) is 11.4 Å². The number of benzene rings is 4. The molecule has 2 aliphatic heterocycles. The fourth-order valence-electron chi connectivity index (χ4n) is 5.02. The zero-order chi connectivity index (χ0) is 28.9. The van der Waals surface area contributed by atoms with Crippen LogP contribution in [0.25, 0.3) is 0 Å². The lowest BCUT2D eigenvalue weighted by Gasteiger charge is -2.31. The Morgan fingerprint density at radius 1 is 0.667 bits per heavy atom. The summed E-state index contributed by atoms with van der Waals surface area (Å²) >= 11 is 0. The average Bonchev–Trinajstić information content (AvgIpc) is 3.05. The Hall–Kier alpha value is -5.53. The average molecular weight is 557 g/mol. The van der Waals surface area contributed by atoms with Gasteiger partial charge in [-0.15, -0.1) is 12.8 Å². The number of hydrogen-bond acceptors (Lipinski definition) is 7. The molecular formula is C35H28N2O5. The van der Waals surface area contributed by atoms with Crippen LogP contribution in [0.2, 0.25) is 0 Å². The van der Waals surface area contributed by atoms with Gasteiger partial charge in [-0.25, -0.2) is 0 Å². The molecule has 208 valence electrons. The van der Waals surface area contributed by atoms with Gasteiger partial charge in [0, 0.05) is 46.7 Å². The van der Waals surface area contributed by atoms with Gasteiger partial charge in [-0.1, -0.05) is 11.8 Å². The molecule has 42 heavy (non-hydrogen) atoms. The molecular weight excluding hydrogens is 528 g/mol. The van der Waals surface area contributed by atoms with Gasteiger partial charge in [-0.3, -0.25) is 4.79 Å². The molecule has 7 heteroatoms. The van der Waals surface area contributed by atoms with E-state index in [-0.39, 0.29) is 19.0 Å². The van der Waals surface area contributed by atoms with E-state index in [9.17, 15) is 4.79 Å². The van der Waals surface area contributed by atoms with Crippen molar-refractivity contribution in [2.24, 2.45) is 0 Å². The molecule has 0 unspecified atom stereocenters. The molecule has 0 amide bonds. The summed E-state index contributed by atoms with van der Waals surface area (Å²) in [4.78, 5) is 17.8. The van der Waals surface area contributed by atoms with Crippen LogP contribution < -0.4 is 28.7 Å². The number of nitrogens with zero attached hydrogens (tertiary/aromatic N) is 2. The molecule has 4 aromatic carbocycles. The molecule has 0 radical (unpaired) electrons. The summed E-state index contributed by atoms with van der Waals surface area (Å²) in [5.41, 5.74) is 5.07. The summed E-state index contributed by atoms with van der Waals surface area (Å²) in [6, 6.07) is 26.6. The second-order valence-corrected chi connectivity index (χ2v) is 9.89. The lowest BCUT2D eigenvalue weighted by atomic mass is 9.98. The number of anilines is 2. The molecule has 0 saturated carbocycles. The van der Waals surface area contributed by atoms with E-state index in [1.165, 1.54) is 0 Å². The van der Waals surface area contributed by atoms with Gasteiger partial charge in [0.25, 0.3) is 0 Å². The minimum absolute atomic E-state index is 0.0557. The largest absolute Gasteiger partial charge is 0.481 e. The first-order valence-electron chi connectivity index (χ1n) is 13.5. The molecule has 0 atom stereocenters. The first-order valence-corrected chi connectivity index (χ1v) is 13.5. The fraction of sp³-hybridized carbons (Fsp3) is 0.171. The van der Waals surface area contributed by atoms with Gasteiger partial charge >= 0.3 is 0 Å². The van der Waals surface area contributed by atoms with E-state index in [0.29, 0.717) is 49.2 Å². The van der Waals surface area contributed by atoms with Crippen LogP contribution in [0, 0.1) is 24.7 Å². The number of terminal acetylenes is 2. The molecule has 0 fully saturated rings. The van der Waals surface area contributed by atoms with E-state index in [1.54, 1.807) is 0 Å². The van der Waals surface area contributed by atoms with Crippen molar-refractivity contribution in [2.75, 3.05) is 36.5 Å². The Morgan fingerprint density at radius 2 is 1.10 bits per heavy atom. The smallest absolute Gasteiger partial charge is 0.193 e. The Morgan fingerprint density at radius 3 is 1.50 bits per heavy atom. The normalized spacial score (nSPS) is 13.4. The summed E-state index contributed by atoms with van der Waals surface area (Å²) in [5, 5.41) is 0. The molecule has 0 saturated heterocycles. The van der Waals surface area contributed by atoms with E-state index in [2.05, 4.69) is 21.6 Å². The van der Waals surface area contributed by atoms with Gasteiger partial charge in [0.15, 0.2) is 19.2 Å². The second-order valence-electron chi connectivity index (χ2n) is 9.89. The predicted octanol–water partition coefficient (Wildman–Crippen LogP) is 5.65. The maximum absolute atomic E-state index is 13.6. The van der Waals surface area contributed by atoms with Gasteiger partial charge in [-0.05, 0) is 84.9 Å². The maximum atomic E-state index is 13.6. The minimum atomic E-state index is -0.0557. The van der Waals surface area contributed by atoms with Crippen molar-refractivity contribution < 1.29 is 23.7 Å². The van der Waals surface area contributed by atoms with Crippen LogP contribution in [-0.4, -0.2) is 32.5 Å². The lowest BCUT2D eigenvalue weighted by Crippen LogP contribution is -2.32. The van der Waals surface area contributed by atoms with E-state index >= 15 is 0 Å². The number of rotatable bonds is 8. The van der Waals surface area contributed by atoms with Crippen LogP contribution in [0.1, 0.15) is 27.0 Å². The Labute approximate surface area is 245 Å². The zero-order valence-electron chi connectivity index (χ0n) is 22.9. The first-order chi connectivity index (χ1) is 20.6. The summed E-state index contributed by atoms with van der Waals surface area (Å²) in [6.07, 6.45) is 10.5. The van der Waals surface area contributed by atoms with Crippen molar-refractivity contribution in [1.82, 2.24) is 0 Å². The Kier molecular flexibility index (Phi) is 7.57. The van der Waals surface area contributed by atoms with Crippen molar-refractivity contribution in [1.29, 1.82) is 0 Å². The first kappa shape index (κ1) is 26.7.